The summed E-state index contributed by atoms with van der Waals surface area (Å²) >= 11 is 0. The zero-order valence-corrected chi connectivity index (χ0v) is 8.80. The molecule has 0 fully saturated rings. The van der Waals surface area contributed by atoms with Gasteiger partial charge in [-0.25, -0.2) is 4.79 Å². The van der Waals surface area contributed by atoms with Crippen LogP contribution in [-0.4, -0.2) is 45.9 Å². The number of carboxylic acids is 2. The van der Waals surface area contributed by atoms with Crippen LogP contribution in [0.5, 0.6) is 0 Å². The first kappa shape index (κ1) is 13.9. The normalized spacial score (nSPS) is 14.9. The summed E-state index contributed by atoms with van der Waals surface area (Å²) in [4.78, 5) is 21.0. The predicted octanol–water partition coefficient (Wildman–Crippen LogP) is -0.479. The molecule has 0 spiro atoms. The number of carbonyl (C=O) groups is 2. The third-order valence-electron chi connectivity index (χ3n) is 1.85. The molecule has 0 amide bonds. The van der Waals surface area contributed by atoms with Crippen LogP contribution in [0.2, 0.25) is 0 Å². The van der Waals surface area contributed by atoms with Gasteiger partial charge in [0.25, 0.3) is 0 Å². The van der Waals surface area contributed by atoms with Crippen molar-refractivity contribution >= 4 is 11.9 Å². The lowest BCUT2D eigenvalue weighted by atomic mass is 10.0. The van der Waals surface area contributed by atoms with Gasteiger partial charge in [-0.05, 0) is 12.3 Å². The molecular weight excluding hydrogens is 202 g/mol. The van der Waals surface area contributed by atoms with Crippen molar-refractivity contribution in [3.05, 3.63) is 0 Å². The molecule has 6 heteroatoms. The van der Waals surface area contributed by atoms with Gasteiger partial charge in [-0.2, -0.15) is 0 Å². The van der Waals surface area contributed by atoms with Crippen LogP contribution >= 0.6 is 0 Å². The molecule has 0 radical (unpaired) electrons. The lowest BCUT2D eigenvalue weighted by Gasteiger charge is -2.17. The summed E-state index contributed by atoms with van der Waals surface area (Å²) in [5.41, 5.74) is 0. The fourth-order valence-corrected chi connectivity index (χ4v) is 1.08. The quantitative estimate of drug-likeness (QED) is 0.461. The first-order chi connectivity index (χ1) is 6.84. The van der Waals surface area contributed by atoms with Crippen molar-refractivity contribution in [3.8, 4) is 0 Å². The lowest BCUT2D eigenvalue weighted by molar-refractivity contribution is -0.147. The largest absolute Gasteiger partial charge is 0.480 e. The van der Waals surface area contributed by atoms with Crippen LogP contribution in [0.4, 0.5) is 0 Å². The molecule has 2 atom stereocenters. The van der Waals surface area contributed by atoms with Crippen LogP contribution in [0.1, 0.15) is 20.3 Å². The van der Waals surface area contributed by atoms with Crippen LogP contribution in [0.15, 0.2) is 0 Å². The Morgan fingerprint density at radius 1 is 1.20 bits per heavy atom. The van der Waals surface area contributed by atoms with E-state index in [0.29, 0.717) is 6.42 Å². The van der Waals surface area contributed by atoms with Gasteiger partial charge in [-0.1, -0.05) is 13.8 Å². The Labute approximate surface area is 87.9 Å². The minimum atomic E-state index is -1.57. The van der Waals surface area contributed by atoms with Crippen molar-refractivity contribution in [2.24, 2.45) is 5.92 Å². The third-order valence-corrected chi connectivity index (χ3v) is 1.85. The van der Waals surface area contributed by atoms with Gasteiger partial charge in [-0.15, -0.1) is 0 Å². The van der Waals surface area contributed by atoms with Gasteiger partial charge in [0.05, 0.1) is 0 Å². The molecule has 1 unspecified atom stereocenters. The molecule has 0 bridgehead atoms. The van der Waals surface area contributed by atoms with E-state index in [1.807, 2.05) is 13.8 Å². The van der Waals surface area contributed by atoms with Crippen LogP contribution < -0.4 is 5.32 Å². The molecule has 0 aliphatic heterocycles. The fraction of sp³-hybridized carbons (Fsp3) is 0.778. The molecule has 0 heterocycles. The second-order valence-electron chi connectivity index (χ2n) is 3.78. The molecule has 0 aliphatic rings. The first-order valence-corrected chi connectivity index (χ1v) is 4.71. The average Bonchev–Trinajstić information content (AvgIpc) is 2.10. The van der Waals surface area contributed by atoms with Crippen LogP contribution in [0.3, 0.4) is 0 Å². The van der Waals surface area contributed by atoms with E-state index in [1.165, 1.54) is 0 Å². The summed E-state index contributed by atoms with van der Waals surface area (Å²) in [7, 11) is 0. The maximum absolute atomic E-state index is 10.7. The average molecular weight is 219 g/mol. The summed E-state index contributed by atoms with van der Waals surface area (Å²) in [6, 6.07) is -0.820. The summed E-state index contributed by atoms with van der Waals surface area (Å²) in [5, 5.41) is 28.6. The van der Waals surface area contributed by atoms with E-state index in [1.54, 1.807) is 0 Å². The third kappa shape index (κ3) is 6.03. The molecule has 4 N–H and O–H groups in total. The minimum absolute atomic E-state index is 0.181. The summed E-state index contributed by atoms with van der Waals surface area (Å²) in [5.74, 6) is -2.22. The van der Waals surface area contributed by atoms with Gasteiger partial charge >= 0.3 is 11.9 Å². The highest BCUT2D eigenvalue weighted by molar-refractivity contribution is 5.74. The highest BCUT2D eigenvalue weighted by atomic mass is 16.4. The Hall–Kier alpha value is -1.14. The number of aliphatic hydroxyl groups excluding tert-OH is 1. The standard InChI is InChI=1S/C9H17NO5/c1-5(2)3-6(8(12)13)10-4-7(11)9(14)15/h5-7,10-11H,3-4H2,1-2H3,(H,12,13)(H,14,15)/t6-,7?/m0/s1. The maximum atomic E-state index is 10.7. The molecule has 0 rings (SSSR count). The minimum Gasteiger partial charge on any atom is -0.480 e. The molecule has 0 saturated heterocycles. The number of aliphatic hydroxyl groups is 1. The topological polar surface area (TPSA) is 107 Å². The second-order valence-corrected chi connectivity index (χ2v) is 3.78. The van der Waals surface area contributed by atoms with Gasteiger partial charge in [-0.3, -0.25) is 4.79 Å². The second kappa shape index (κ2) is 6.36. The van der Waals surface area contributed by atoms with Crippen molar-refractivity contribution < 1.29 is 24.9 Å². The summed E-state index contributed by atoms with van der Waals surface area (Å²) in [6.07, 6.45) is -1.18. The first-order valence-electron chi connectivity index (χ1n) is 4.71. The zero-order chi connectivity index (χ0) is 12.0. The van der Waals surface area contributed by atoms with E-state index >= 15 is 0 Å². The number of hydrogen-bond acceptors (Lipinski definition) is 4. The molecule has 0 aromatic carbocycles. The van der Waals surface area contributed by atoms with E-state index in [9.17, 15) is 9.59 Å². The molecular formula is C9H17NO5. The Kier molecular flexibility index (Phi) is 5.88. The van der Waals surface area contributed by atoms with Crippen molar-refractivity contribution in [3.63, 3.8) is 0 Å². The van der Waals surface area contributed by atoms with E-state index in [0.717, 1.165) is 0 Å². The number of rotatable bonds is 7. The highest BCUT2D eigenvalue weighted by Gasteiger charge is 2.21. The Bertz CT molecular complexity index is 229. The molecule has 0 saturated carbocycles. The number of aliphatic carboxylic acids is 2. The van der Waals surface area contributed by atoms with Gasteiger partial charge in [0.15, 0.2) is 6.10 Å². The maximum Gasteiger partial charge on any atom is 0.333 e. The van der Waals surface area contributed by atoms with E-state index < -0.39 is 24.1 Å². The van der Waals surface area contributed by atoms with Gasteiger partial charge < -0.3 is 20.6 Å². The molecule has 0 aromatic rings. The Morgan fingerprint density at radius 2 is 1.73 bits per heavy atom. The zero-order valence-electron chi connectivity index (χ0n) is 8.80. The van der Waals surface area contributed by atoms with Crippen molar-refractivity contribution in [1.29, 1.82) is 0 Å². The fourth-order valence-electron chi connectivity index (χ4n) is 1.08. The van der Waals surface area contributed by atoms with E-state index in [4.69, 9.17) is 15.3 Å². The van der Waals surface area contributed by atoms with E-state index in [2.05, 4.69) is 5.32 Å². The molecule has 0 aromatic heterocycles. The molecule has 6 nitrogen and oxygen atoms in total. The SMILES string of the molecule is CC(C)C[C@H](NCC(O)C(=O)O)C(=O)O. The lowest BCUT2D eigenvalue weighted by Crippen LogP contribution is -2.43. The molecule has 88 valence electrons. The van der Waals surface area contributed by atoms with Crippen LogP contribution in [0, 0.1) is 5.92 Å². The number of nitrogens with one attached hydrogen (secondary N) is 1. The number of carboxylic acid groups (broad SMARTS) is 2. The van der Waals surface area contributed by atoms with Gasteiger partial charge in [0.2, 0.25) is 0 Å². The summed E-state index contributed by atoms with van der Waals surface area (Å²) in [6.45, 7) is 3.47. The highest BCUT2D eigenvalue weighted by Crippen LogP contribution is 2.04. The number of hydrogen-bond donors (Lipinski definition) is 4. The molecule has 0 aliphatic carbocycles. The molecule has 15 heavy (non-hydrogen) atoms. The Balaban J connectivity index is 4.07. The summed E-state index contributed by atoms with van der Waals surface area (Å²) < 4.78 is 0. The van der Waals surface area contributed by atoms with E-state index in [-0.39, 0.29) is 12.5 Å². The van der Waals surface area contributed by atoms with Crippen LogP contribution in [-0.2, 0) is 9.59 Å². The van der Waals surface area contributed by atoms with Crippen molar-refractivity contribution in [2.45, 2.75) is 32.4 Å². The van der Waals surface area contributed by atoms with Crippen LogP contribution in [0.25, 0.3) is 0 Å². The predicted molar refractivity (Wildman–Crippen MR) is 52.5 cm³/mol. The van der Waals surface area contributed by atoms with Crippen molar-refractivity contribution in [2.75, 3.05) is 6.54 Å². The Morgan fingerprint density at radius 3 is 2.07 bits per heavy atom. The van der Waals surface area contributed by atoms with Crippen molar-refractivity contribution in [1.82, 2.24) is 5.32 Å². The van der Waals surface area contributed by atoms with Gasteiger partial charge in [0.1, 0.15) is 6.04 Å². The van der Waals surface area contributed by atoms with Gasteiger partial charge in [0, 0.05) is 6.54 Å². The monoisotopic (exact) mass is 219 g/mol. The smallest absolute Gasteiger partial charge is 0.333 e.